The minimum absolute atomic E-state index is 0.127. The van der Waals surface area contributed by atoms with Crippen LogP contribution in [0.15, 0.2) is 60.7 Å². The summed E-state index contributed by atoms with van der Waals surface area (Å²) in [6, 6.07) is 14.0. The maximum Gasteiger partial charge on any atom is 0.408 e. The number of nitrogens with zero attached hydrogens (tertiary/aromatic N) is 1. The summed E-state index contributed by atoms with van der Waals surface area (Å²) in [5, 5.41) is 31.6. The van der Waals surface area contributed by atoms with E-state index in [0.29, 0.717) is 72.3 Å². The van der Waals surface area contributed by atoms with E-state index in [9.17, 15) is 28.8 Å². The zero-order valence-electron chi connectivity index (χ0n) is 38.4. The highest BCUT2D eigenvalue weighted by Crippen LogP contribution is 2.56. The number of carbonyl (C=O) groups excluding carboxylic acids is 6. The lowest BCUT2D eigenvalue weighted by Crippen LogP contribution is -2.57. The number of esters is 1. The first-order valence-electron chi connectivity index (χ1n) is 22.4. The zero-order valence-corrected chi connectivity index (χ0v) is 38.4. The summed E-state index contributed by atoms with van der Waals surface area (Å²) in [5.74, 6) is -2.52. The molecule has 1 saturated heterocycles. The fraction of sp³-hybridized carbons (Fsp3) is 0.447. The second-order valence-corrected chi connectivity index (χ2v) is 18.1. The number of anilines is 2. The molecule has 0 aliphatic carbocycles. The molecule has 1 fully saturated rings. The summed E-state index contributed by atoms with van der Waals surface area (Å²) < 4.78 is 18.2. The van der Waals surface area contributed by atoms with Crippen molar-refractivity contribution >= 4 is 59.0 Å². The number of carbonyl (C=O) groups is 6. The topological polar surface area (TPSA) is 305 Å². The molecule has 3 aromatic rings. The SMILES string of the molecule is CC(C)C(NC(=O)OC(C)(C)C)C(=O)N1CCC[C@H]1C(=O)N[C@@H](CCCNC(=N)N)C(=O)Nc1ccc2c(c1)Oc1cc(NC(=O)CCCCNC(=N)N)ccc1C21OC(=O)c2ccccc21. The lowest BCUT2D eigenvalue weighted by Gasteiger charge is -2.37. The van der Waals surface area contributed by atoms with E-state index in [1.807, 2.05) is 0 Å². The molecule has 12 N–H and O–H groups in total. The Bertz CT molecular complexity index is 2420. The van der Waals surface area contributed by atoms with Gasteiger partial charge in [0.1, 0.15) is 35.2 Å². The maximum atomic E-state index is 14.2. The summed E-state index contributed by atoms with van der Waals surface area (Å²) in [6.07, 6.45) is 1.95. The van der Waals surface area contributed by atoms with Crippen LogP contribution in [-0.2, 0) is 34.3 Å². The van der Waals surface area contributed by atoms with Crippen LogP contribution in [0.4, 0.5) is 16.2 Å². The Balaban J connectivity index is 1.23. The fourth-order valence-corrected chi connectivity index (χ4v) is 8.41. The number of likely N-dealkylation sites (tertiary alicyclic amines) is 1. The average Bonchev–Trinajstić information content (AvgIpc) is 3.86. The minimum atomic E-state index is -1.44. The number of ether oxygens (including phenoxy) is 3. The third-order valence-electron chi connectivity index (χ3n) is 11.5. The van der Waals surface area contributed by atoms with E-state index < -0.39 is 59.1 Å². The highest BCUT2D eigenvalue weighted by atomic mass is 16.6. The monoisotopic (exact) mass is 923 g/mol. The Morgan fingerprint density at radius 3 is 2.10 bits per heavy atom. The molecule has 4 atom stereocenters. The molecule has 3 heterocycles. The quantitative estimate of drug-likeness (QED) is 0.0396. The van der Waals surface area contributed by atoms with Gasteiger partial charge < -0.3 is 62.5 Å². The molecule has 3 aromatic carbocycles. The van der Waals surface area contributed by atoms with Crippen molar-refractivity contribution in [1.82, 2.24) is 26.2 Å². The predicted octanol–water partition coefficient (Wildman–Crippen LogP) is 4.07. The summed E-state index contributed by atoms with van der Waals surface area (Å²) in [4.78, 5) is 82.8. The molecule has 358 valence electrons. The van der Waals surface area contributed by atoms with Crippen LogP contribution in [0.25, 0.3) is 0 Å². The number of amides is 5. The first-order chi connectivity index (χ1) is 31.8. The van der Waals surface area contributed by atoms with Crippen LogP contribution in [0.5, 0.6) is 11.5 Å². The molecule has 3 aliphatic rings. The number of unbranched alkanes of at least 4 members (excludes halogenated alkanes) is 1. The smallest absolute Gasteiger partial charge is 0.408 e. The van der Waals surface area contributed by atoms with E-state index in [-0.39, 0.29) is 61.1 Å². The van der Waals surface area contributed by atoms with Gasteiger partial charge in [-0.3, -0.25) is 30.0 Å². The van der Waals surface area contributed by atoms with Crippen molar-refractivity contribution in [2.24, 2.45) is 17.4 Å². The van der Waals surface area contributed by atoms with E-state index in [0.717, 1.165) is 0 Å². The molecular formula is C47H61N11O9. The van der Waals surface area contributed by atoms with Crippen molar-refractivity contribution in [2.45, 2.75) is 109 Å². The zero-order chi connectivity index (χ0) is 48.6. The molecule has 0 bridgehead atoms. The summed E-state index contributed by atoms with van der Waals surface area (Å²) in [6.45, 7) is 9.68. The van der Waals surface area contributed by atoms with Crippen LogP contribution in [-0.4, -0.2) is 95.9 Å². The standard InChI is InChI=1S/C47H61N11O9/c1-26(2)38(57-45(64)67-46(3,4)5)41(62)58-23-11-15-34(58)40(61)56-33(14-10-22-53-44(50)51)39(60)55-28-18-20-32-36(25-28)65-35-24-27(54-37(59)16-8-9-21-52-43(48)49)17-19-31(35)47(32)30-13-7-6-12-29(30)42(63)66-47/h6-7,12-13,17-20,24-26,33-34,38H,8-11,14-16,21-23H2,1-5H3,(H,54,59)(H,55,60)(H,56,61)(H,57,64)(H4,48,49,52)(H4,50,51,53)/t33-,34-,38?,47?/m0/s1. The largest absolute Gasteiger partial charge is 0.456 e. The fourth-order valence-electron chi connectivity index (χ4n) is 8.41. The summed E-state index contributed by atoms with van der Waals surface area (Å²) in [7, 11) is 0. The average molecular weight is 924 g/mol. The van der Waals surface area contributed by atoms with Gasteiger partial charge in [-0.05, 0) is 95.5 Å². The molecule has 0 saturated carbocycles. The first-order valence-corrected chi connectivity index (χ1v) is 22.4. The molecular weight excluding hydrogens is 863 g/mol. The Kier molecular flexibility index (Phi) is 15.3. The van der Waals surface area contributed by atoms with Gasteiger partial charge >= 0.3 is 12.1 Å². The van der Waals surface area contributed by atoms with Crippen LogP contribution in [0, 0.1) is 16.7 Å². The first kappa shape index (κ1) is 49.1. The minimum Gasteiger partial charge on any atom is -0.456 e. The lowest BCUT2D eigenvalue weighted by molar-refractivity contribution is -0.141. The molecule has 6 rings (SSSR count). The number of fused-ring (bicyclic) bond motifs is 6. The Morgan fingerprint density at radius 2 is 1.48 bits per heavy atom. The van der Waals surface area contributed by atoms with Crippen molar-refractivity contribution in [3.05, 3.63) is 82.9 Å². The number of benzene rings is 3. The molecule has 0 aromatic heterocycles. The molecule has 20 heteroatoms. The molecule has 3 aliphatic heterocycles. The van der Waals surface area contributed by atoms with Gasteiger partial charge in [-0.15, -0.1) is 0 Å². The molecule has 1 spiro atoms. The van der Waals surface area contributed by atoms with Gasteiger partial charge in [0.25, 0.3) is 0 Å². The van der Waals surface area contributed by atoms with Crippen molar-refractivity contribution in [3.8, 4) is 11.5 Å². The highest BCUT2D eigenvalue weighted by molar-refractivity contribution is 6.00. The number of hydrogen-bond donors (Lipinski definition) is 10. The molecule has 0 radical (unpaired) electrons. The van der Waals surface area contributed by atoms with E-state index >= 15 is 0 Å². The van der Waals surface area contributed by atoms with Gasteiger partial charge in [-0.2, -0.15) is 0 Å². The third-order valence-corrected chi connectivity index (χ3v) is 11.5. The van der Waals surface area contributed by atoms with E-state index in [2.05, 4.69) is 31.9 Å². The van der Waals surface area contributed by atoms with Gasteiger partial charge in [-0.25, -0.2) is 9.59 Å². The number of hydrogen-bond acceptors (Lipinski definition) is 11. The number of guanidine groups is 2. The van der Waals surface area contributed by atoms with Gasteiger partial charge in [-0.1, -0.05) is 32.0 Å². The molecule has 2 unspecified atom stereocenters. The van der Waals surface area contributed by atoms with Gasteiger partial charge in [0.15, 0.2) is 17.5 Å². The van der Waals surface area contributed by atoms with Crippen LogP contribution < -0.4 is 48.1 Å². The van der Waals surface area contributed by atoms with Crippen molar-refractivity contribution < 1.29 is 43.0 Å². The van der Waals surface area contributed by atoms with Gasteiger partial charge in [0.05, 0.1) is 5.56 Å². The van der Waals surface area contributed by atoms with Crippen molar-refractivity contribution in [3.63, 3.8) is 0 Å². The van der Waals surface area contributed by atoms with Crippen molar-refractivity contribution in [2.75, 3.05) is 30.3 Å². The van der Waals surface area contributed by atoms with Gasteiger partial charge in [0.2, 0.25) is 23.6 Å². The second kappa shape index (κ2) is 20.8. The summed E-state index contributed by atoms with van der Waals surface area (Å²) in [5.41, 5.74) is 11.3. The summed E-state index contributed by atoms with van der Waals surface area (Å²) >= 11 is 0. The van der Waals surface area contributed by atoms with Gasteiger partial charge in [0, 0.05) is 66.3 Å². The lowest BCUT2D eigenvalue weighted by atomic mass is 9.77. The Hall–Kier alpha value is -7.38. The maximum absolute atomic E-state index is 14.2. The number of rotatable bonds is 17. The Labute approximate surface area is 389 Å². The van der Waals surface area contributed by atoms with E-state index in [1.54, 1.807) is 95.3 Å². The number of nitrogens with two attached hydrogens (primary N) is 2. The van der Waals surface area contributed by atoms with Crippen LogP contribution in [0.3, 0.4) is 0 Å². The van der Waals surface area contributed by atoms with Crippen LogP contribution in [0.1, 0.15) is 107 Å². The highest BCUT2D eigenvalue weighted by Gasteiger charge is 2.53. The van der Waals surface area contributed by atoms with E-state index in [4.69, 9.17) is 36.5 Å². The number of nitrogens with one attached hydrogen (secondary N) is 8. The Morgan fingerprint density at radius 1 is 0.851 bits per heavy atom. The number of alkyl carbamates (subject to hydrolysis) is 1. The molecule has 5 amide bonds. The molecule has 67 heavy (non-hydrogen) atoms. The van der Waals surface area contributed by atoms with Crippen molar-refractivity contribution in [1.29, 1.82) is 10.8 Å². The van der Waals surface area contributed by atoms with E-state index in [1.165, 1.54) is 4.90 Å². The third kappa shape index (κ3) is 11.7. The van der Waals surface area contributed by atoms with Crippen LogP contribution >= 0.6 is 0 Å². The predicted molar refractivity (Wildman–Crippen MR) is 250 cm³/mol. The second-order valence-electron chi connectivity index (χ2n) is 18.1. The molecule has 20 nitrogen and oxygen atoms in total. The van der Waals surface area contributed by atoms with Crippen LogP contribution in [0.2, 0.25) is 0 Å². The normalized spacial score (nSPS) is 17.7.